The van der Waals surface area contributed by atoms with Crippen molar-refractivity contribution in [2.45, 2.75) is 25.8 Å². The molecule has 1 fully saturated rings. The van der Waals surface area contributed by atoms with Crippen LogP contribution in [0.4, 0.5) is 0 Å². The summed E-state index contributed by atoms with van der Waals surface area (Å²) < 4.78 is 0. The summed E-state index contributed by atoms with van der Waals surface area (Å²) in [7, 11) is 0. The van der Waals surface area contributed by atoms with Gasteiger partial charge in [-0.1, -0.05) is 30.7 Å². The molecule has 1 aromatic rings. The van der Waals surface area contributed by atoms with E-state index in [-0.39, 0.29) is 0 Å². The summed E-state index contributed by atoms with van der Waals surface area (Å²) in [5.41, 5.74) is 1.38. The molecule has 0 bridgehead atoms. The Hall–Kier alpha value is -0.570. The molecule has 1 aliphatic rings. The maximum Gasteiger partial charge on any atom is 0.0406 e. The number of hydrogen-bond donors (Lipinski definition) is 2. The van der Waals surface area contributed by atoms with Crippen LogP contribution < -0.4 is 10.6 Å². The third-order valence-electron chi connectivity index (χ3n) is 3.49. The third kappa shape index (κ3) is 3.70. The van der Waals surface area contributed by atoms with Gasteiger partial charge in [-0.05, 0) is 56.1 Å². The van der Waals surface area contributed by atoms with Gasteiger partial charge in [-0.15, -0.1) is 0 Å². The minimum absolute atomic E-state index is 0.650. The smallest absolute Gasteiger partial charge is 0.0406 e. The molecule has 2 unspecified atom stereocenters. The molecule has 1 saturated heterocycles. The van der Waals surface area contributed by atoms with E-state index in [1.165, 1.54) is 12.0 Å². The van der Waals surface area contributed by atoms with Crippen LogP contribution in [-0.4, -0.2) is 25.7 Å². The Balaban J connectivity index is 1.97. The van der Waals surface area contributed by atoms with E-state index in [0.717, 1.165) is 31.1 Å². The molecular formula is C14H21ClN2. The lowest BCUT2D eigenvalue weighted by atomic mass is 9.87. The van der Waals surface area contributed by atoms with E-state index >= 15 is 0 Å². The van der Waals surface area contributed by atoms with Crippen LogP contribution in [0.5, 0.6) is 0 Å². The minimum atomic E-state index is 0.650. The molecule has 2 atom stereocenters. The number of benzene rings is 1. The molecule has 1 aromatic carbocycles. The Morgan fingerprint density at radius 1 is 1.35 bits per heavy atom. The molecule has 0 amide bonds. The van der Waals surface area contributed by atoms with Gasteiger partial charge in [-0.2, -0.15) is 0 Å². The molecule has 2 rings (SSSR count). The highest BCUT2D eigenvalue weighted by molar-refractivity contribution is 6.30. The van der Waals surface area contributed by atoms with Crippen molar-refractivity contribution in [1.82, 2.24) is 10.6 Å². The van der Waals surface area contributed by atoms with E-state index < -0.39 is 0 Å². The SMILES string of the molecule is CCNC1CCNCC1Cc1ccc(Cl)cc1. The number of nitrogens with one attached hydrogen (secondary N) is 2. The van der Waals surface area contributed by atoms with Crippen LogP contribution in [0.2, 0.25) is 5.02 Å². The van der Waals surface area contributed by atoms with Crippen LogP contribution in [0.3, 0.4) is 0 Å². The zero-order valence-corrected chi connectivity index (χ0v) is 11.1. The fourth-order valence-electron chi connectivity index (χ4n) is 2.59. The molecule has 17 heavy (non-hydrogen) atoms. The Kier molecular flexibility index (Phi) is 4.84. The molecule has 0 aromatic heterocycles. The first-order valence-corrected chi connectivity index (χ1v) is 6.86. The largest absolute Gasteiger partial charge is 0.316 e. The van der Waals surface area contributed by atoms with Gasteiger partial charge in [0.2, 0.25) is 0 Å². The molecule has 1 aliphatic heterocycles. The molecule has 1 heterocycles. The Labute approximate surface area is 109 Å². The van der Waals surface area contributed by atoms with E-state index in [0.29, 0.717) is 12.0 Å². The summed E-state index contributed by atoms with van der Waals surface area (Å²) in [6.45, 7) is 5.48. The summed E-state index contributed by atoms with van der Waals surface area (Å²) >= 11 is 5.91. The average molecular weight is 253 g/mol. The van der Waals surface area contributed by atoms with Gasteiger partial charge in [0.05, 0.1) is 0 Å². The van der Waals surface area contributed by atoms with Crippen LogP contribution in [-0.2, 0) is 6.42 Å². The lowest BCUT2D eigenvalue weighted by Gasteiger charge is -2.33. The standard InChI is InChI=1S/C14H21ClN2/c1-2-17-14-7-8-16-10-12(14)9-11-3-5-13(15)6-4-11/h3-6,12,14,16-17H,2,7-10H2,1H3. The minimum Gasteiger partial charge on any atom is -0.316 e. The van der Waals surface area contributed by atoms with Gasteiger partial charge in [0.25, 0.3) is 0 Å². The van der Waals surface area contributed by atoms with Crippen LogP contribution in [0.25, 0.3) is 0 Å². The van der Waals surface area contributed by atoms with Gasteiger partial charge in [0, 0.05) is 11.1 Å². The number of rotatable bonds is 4. The van der Waals surface area contributed by atoms with Gasteiger partial charge in [0.15, 0.2) is 0 Å². The van der Waals surface area contributed by atoms with Gasteiger partial charge >= 0.3 is 0 Å². The second-order valence-corrected chi connectivity index (χ2v) is 5.18. The molecular weight excluding hydrogens is 232 g/mol. The van der Waals surface area contributed by atoms with Crippen molar-refractivity contribution in [1.29, 1.82) is 0 Å². The fourth-order valence-corrected chi connectivity index (χ4v) is 2.72. The third-order valence-corrected chi connectivity index (χ3v) is 3.74. The first-order valence-electron chi connectivity index (χ1n) is 6.48. The molecule has 0 saturated carbocycles. The van der Waals surface area contributed by atoms with E-state index in [2.05, 4.69) is 29.7 Å². The van der Waals surface area contributed by atoms with Crippen molar-refractivity contribution in [2.75, 3.05) is 19.6 Å². The molecule has 94 valence electrons. The second-order valence-electron chi connectivity index (χ2n) is 4.75. The van der Waals surface area contributed by atoms with Gasteiger partial charge in [0.1, 0.15) is 0 Å². The Morgan fingerprint density at radius 2 is 2.12 bits per heavy atom. The Morgan fingerprint density at radius 3 is 2.82 bits per heavy atom. The molecule has 0 radical (unpaired) electrons. The van der Waals surface area contributed by atoms with Crippen LogP contribution >= 0.6 is 11.6 Å². The van der Waals surface area contributed by atoms with E-state index in [4.69, 9.17) is 11.6 Å². The predicted molar refractivity (Wildman–Crippen MR) is 73.6 cm³/mol. The highest BCUT2D eigenvalue weighted by Crippen LogP contribution is 2.18. The average Bonchev–Trinajstić information content (AvgIpc) is 2.35. The zero-order valence-electron chi connectivity index (χ0n) is 10.4. The maximum atomic E-state index is 5.91. The summed E-state index contributed by atoms with van der Waals surface area (Å²) in [6.07, 6.45) is 2.36. The molecule has 2 N–H and O–H groups in total. The zero-order chi connectivity index (χ0) is 12.1. The first-order chi connectivity index (χ1) is 8.29. The molecule has 2 nitrogen and oxygen atoms in total. The van der Waals surface area contributed by atoms with Crippen molar-refractivity contribution < 1.29 is 0 Å². The van der Waals surface area contributed by atoms with E-state index in [9.17, 15) is 0 Å². The maximum absolute atomic E-state index is 5.91. The number of hydrogen-bond acceptors (Lipinski definition) is 2. The molecule has 0 aliphatic carbocycles. The van der Waals surface area contributed by atoms with Crippen LogP contribution in [0.1, 0.15) is 18.9 Å². The first kappa shape index (κ1) is 12.9. The van der Waals surface area contributed by atoms with E-state index in [1.807, 2.05) is 12.1 Å². The topological polar surface area (TPSA) is 24.1 Å². The van der Waals surface area contributed by atoms with Crippen molar-refractivity contribution in [2.24, 2.45) is 5.92 Å². The number of halogens is 1. The summed E-state index contributed by atoms with van der Waals surface area (Å²) in [5.74, 6) is 0.685. The van der Waals surface area contributed by atoms with Crippen molar-refractivity contribution in [3.8, 4) is 0 Å². The van der Waals surface area contributed by atoms with Crippen LogP contribution in [0, 0.1) is 5.92 Å². The lowest BCUT2D eigenvalue weighted by Crippen LogP contribution is -2.48. The highest BCUT2D eigenvalue weighted by Gasteiger charge is 2.23. The summed E-state index contributed by atoms with van der Waals surface area (Å²) in [4.78, 5) is 0. The predicted octanol–water partition coefficient (Wildman–Crippen LogP) is 2.47. The van der Waals surface area contributed by atoms with Crippen molar-refractivity contribution in [3.63, 3.8) is 0 Å². The molecule has 3 heteroatoms. The fraction of sp³-hybridized carbons (Fsp3) is 0.571. The molecule has 0 spiro atoms. The summed E-state index contributed by atoms with van der Waals surface area (Å²) in [6, 6.07) is 8.89. The second kappa shape index (κ2) is 6.39. The van der Waals surface area contributed by atoms with Crippen LogP contribution in [0.15, 0.2) is 24.3 Å². The number of piperidine rings is 1. The highest BCUT2D eigenvalue weighted by atomic mass is 35.5. The van der Waals surface area contributed by atoms with E-state index in [1.54, 1.807) is 0 Å². The van der Waals surface area contributed by atoms with Gasteiger partial charge in [-0.25, -0.2) is 0 Å². The van der Waals surface area contributed by atoms with Crippen molar-refractivity contribution in [3.05, 3.63) is 34.9 Å². The summed E-state index contributed by atoms with van der Waals surface area (Å²) in [5, 5.41) is 7.91. The van der Waals surface area contributed by atoms with Gasteiger partial charge < -0.3 is 10.6 Å². The van der Waals surface area contributed by atoms with Crippen molar-refractivity contribution >= 4 is 11.6 Å². The lowest BCUT2D eigenvalue weighted by molar-refractivity contribution is 0.280. The quantitative estimate of drug-likeness (QED) is 0.860. The van der Waals surface area contributed by atoms with Gasteiger partial charge in [-0.3, -0.25) is 0 Å². The monoisotopic (exact) mass is 252 g/mol. The normalized spacial score (nSPS) is 24.8. The Bertz CT molecular complexity index is 335.